The van der Waals surface area contributed by atoms with E-state index in [1.165, 1.54) is 29.9 Å². The molecule has 13 heteroatoms. The molecule has 3 aromatic rings. The molecule has 0 aliphatic heterocycles. The van der Waals surface area contributed by atoms with Gasteiger partial charge in [0.1, 0.15) is 17.1 Å². The molecule has 1 amide bonds. The number of alkyl halides is 6. The average molecular weight is 552 g/mol. The molecule has 34 heavy (non-hydrogen) atoms. The zero-order valence-corrected chi connectivity index (χ0v) is 19.1. The third-order valence-corrected chi connectivity index (χ3v) is 5.76. The first kappa shape index (κ1) is 24.2. The minimum Gasteiger partial charge on any atom is -0.496 e. The highest BCUT2D eigenvalue weighted by Crippen LogP contribution is 2.44. The summed E-state index contributed by atoms with van der Waals surface area (Å²) in [6.07, 6.45) is -3.47. The quantitative estimate of drug-likeness (QED) is 0.383. The highest BCUT2D eigenvalue weighted by Gasteiger charge is 2.58. The zero-order chi connectivity index (χ0) is 24.9. The number of nitrogens with one attached hydrogen (secondary N) is 1. The lowest BCUT2D eigenvalue weighted by Crippen LogP contribution is -2.30. The summed E-state index contributed by atoms with van der Waals surface area (Å²) in [4.78, 5) is 12.7. The molecule has 1 aromatic heterocycles. The van der Waals surface area contributed by atoms with Crippen molar-refractivity contribution in [3.8, 4) is 22.8 Å². The Morgan fingerprint density at radius 3 is 2.41 bits per heavy atom. The first-order valence-corrected chi connectivity index (χ1v) is 10.5. The van der Waals surface area contributed by atoms with Gasteiger partial charge in [-0.05, 0) is 24.3 Å². The van der Waals surface area contributed by atoms with Crippen molar-refractivity contribution in [3.63, 3.8) is 0 Å². The standard InChI is InChI=1S/C21H16BrF6N3O3/c1-31-17(15-10(18(23)24)5-9(22)6-11(15)30-31)8-3-12(33-2)16(13(4-8)34-20(25)26)19(32)29-14-7-21(14,27)28/h3-6,14,18,20H,7H2,1-2H3,(H,29,32)/t14-/m1/s1. The van der Waals surface area contributed by atoms with Crippen LogP contribution in [0.2, 0.25) is 0 Å². The van der Waals surface area contributed by atoms with E-state index in [0.717, 1.165) is 13.2 Å². The first-order valence-electron chi connectivity index (χ1n) is 9.73. The van der Waals surface area contributed by atoms with E-state index in [1.807, 2.05) is 0 Å². The van der Waals surface area contributed by atoms with E-state index in [-0.39, 0.29) is 33.5 Å². The fourth-order valence-electron chi connectivity index (χ4n) is 3.73. The Balaban J connectivity index is 1.91. The van der Waals surface area contributed by atoms with Crippen LogP contribution in [0.25, 0.3) is 22.2 Å². The minimum atomic E-state index is -3.37. The van der Waals surface area contributed by atoms with Crippen LogP contribution in [0.4, 0.5) is 26.3 Å². The molecular formula is C21H16BrF6N3O3. The van der Waals surface area contributed by atoms with Gasteiger partial charge in [-0.3, -0.25) is 9.48 Å². The van der Waals surface area contributed by atoms with Crippen LogP contribution in [0.5, 0.6) is 11.5 Å². The summed E-state index contributed by atoms with van der Waals surface area (Å²) < 4.78 is 91.8. The van der Waals surface area contributed by atoms with Crippen molar-refractivity contribution in [1.29, 1.82) is 0 Å². The summed E-state index contributed by atoms with van der Waals surface area (Å²) in [5.41, 5.74) is -0.487. The van der Waals surface area contributed by atoms with Crippen molar-refractivity contribution in [2.75, 3.05) is 7.11 Å². The van der Waals surface area contributed by atoms with Crippen molar-refractivity contribution in [3.05, 3.63) is 39.9 Å². The molecule has 1 heterocycles. The van der Waals surface area contributed by atoms with E-state index >= 15 is 0 Å². The summed E-state index contributed by atoms with van der Waals surface area (Å²) in [6.45, 7) is -3.37. The zero-order valence-electron chi connectivity index (χ0n) is 17.5. The molecule has 1 aliphatic rings. The Bertz CT molecular complexity index is 1280. The second-order valence-corrected chi connectivity index (χ2v) is 8.50. The maximum atomic E-state index is 13.8. The molecule has 1 fully saturated rings. The molecule has 1 atom stereocenters. The van der Waals surface area contributed by atoms with Crippen molar-refractivity contribution < 1.29 is 40.6 Å². The Morgan fingerprint density at radius 1 is 1.21 bits per heavy atom. The van der Waals surface area contributed by atoms with Crippen LogP contribution in [0.3, 0.4) is 0 Å². The molecule has 1 saturated carbocycles. The average Bonchev–Trinajstić information content (AvgIpc) is 3.18. The van der Waals surface area contributed by atoms with Crippen LogP contribution in [-0.4, -0.2) is 41.4 Å². The van der Waals surface area contributed by atoms with Gasteiger partial charge in [-0.1, -0.05) is 15.9 Å². The van der Waals surface area contributed by atoms with Gasteiger partial charge in [0.05, 0.1) is 24.4 Å². The SMILES string of the molecule is COc1cc(-c2c3c(C(F)F)cc(Br)cc3nn2C)cc(OC(F)F)c1C(=O)N[C@@H]1CC1(F)F. The summed E-state index contributed by atoms with van der Waals surface area (Å²) in [6, 6.07) is 3.55. The van der Waals surface area contributed by atoms with Gasteiger partial charge in [0, 0.05) is 34.5 Å². The van der Waals surface area contributed by atoms with Gasteiger partial charge in [0.2, 0.25) is 0 Å². The van der Waals surface area contributed by atoms with Crippen LogP contribution in [0, 0.1) is 0 Å². The Labute approximate surface area is 196 Å². The van der Waals surface area contributed by atoms with E-state index in [4.69, 9.17) is 4.74 Å². The van der Waals surface area contributed by atoms with Gasteiger partial charge in [0.25, 0.3) is 18.3 Å². The Kier molecular flexibility index (Phi) is 6.17. The second kappa shape index (κ2) is 8.67. The summed E-state index contributed by atoms with van der Waals surface area (Å²) in [5, 5.41) is 6.34. The predicted octanol–water partition coefficient (Wildman–Crippen LogP) is 5.69. The normalized spacial score (nSPS) is 16.9. The fourth-order valence-corrected chi connectivity index (χ4v) is 4.19. The molecule has 0 bridgehead atoms. The van der Waals surface area contributed by atoms with Crippen LogP contribution < -0.4 is 14.8 Å². The summed E-state index contributed by atoms with van der Waals surface area (Å²) >= 11 is 3.16. The van der Waals surface area contributed by atoms with Gasteiger partial charge in [-0.25, -0.2) is 17.6 Å². The number of amides is 1. The number of halogens is 7. The number of benzene rings is 2. The topological polar surface area (TPSA) is 65.4 Å². The molecule has 0 radical (unpaired) electrons. The predicted molar refractivity (Wildman–Crippen MR) is 113 cm³/mol. The maximum absolute atomic E-state index is 13.8. The Hall–Kier alpha value is -2.96. The number of hydrogen-bond acceptors (Lipinski definition) is 4. The molecule has 6 nitrogen and oxygen atoms in total. The summed E-state index contributed by atoms with van der Waals surface area (Å²) in [5.74, 6) is -5.15. The maximum Gasteiger partial charge on any atom is 0.387 e. The number of ether oxygens (including phenoxy) is 2. The number of nitrogens with zero attached hydrogens (tertiary/aromatic N) is 2. The molecule has 1 N–H and O–H groups in total. The highest BCUT2D eigenvalue weighted by molar-refractivity contribution is 9.10. The molecular weight excluding hydrogens is 536 g/mol. The third kappa shape index (κ3) is 4.40. The van der Waals surface area contributed by atoms with Crippen molar-refractivity contribution >= 4 is 32.7 Å². The molecule has 4 rings (SSSR count). The van der Waals surface area contributed by atoms with Gasteiger partial charge in [0.15, 0.2) is 0 Å². The largest absolute Gasteiger partial charge is 0.496 e. The number of carbonyl (C=O) groups excluding carboxylic acids is 1. The van der Waals surface area contributed by atoms with Crippen molar-refractivity contribution in [2.24, 2.45) is 7.05 Å². The van der Waals surface area contributed by atoms with Crippen LogP contribution >= 0.6 is 15.9 Å². The molecule has 0 unspecified atom stereocenters. The van der Waals surface area contributed by atoms with Gasteiger partial charge >= 0.3 is 6.61 Å². The van der Waals surface area contributed by atoms with E-state index in [2.05, 4.69) is 31.1 Å². The van der Waals surface area contributed by atoms with Crippen molar-refractivity contribution in [1.82, 2.24) is 15.1 Å². The number of aryl methyl sites for hydroxylation is 1. The smallest absolute Gasteiger partial charge is 0.387 e. The lowest BCUT2D eigenvalue weighted by molar-refractivity contribution is -0.0502. The minimum absolute atomic E-state index is 0.0561. The number of carbonyl (C=O) groups is 1. The molecule has 2 aromatic carbocycles. The molecule has 0 spiro atoms. The van der Waals surface area contributed by atoms with Crippen LogP contribution in [0.15, 0.2) is 28.7 Å². The second-order valence-electron chi connectivity index (χ2n) is 7.58. The van der Waals surface area contributed by atoms with E-state index in [9.17, 15) is 31.1 Å². The lowest BCUT2D eigenvalue weighted by atomic mass is 10.00. The number of aromatic nitrogens is 2. The fraction of sp³-hybridized carbons (Fsp3) is 0.333. The highest BCUT2D eigenvalue weighted by atomic mass is 79.9. The van der Waals surface area contributed by atoms with E-state index < -0.39 is 48.6 Å². The van der Waals surface area contributed by atoms with Gasteiger partial charge < -0.3 is 14.8 Å². The number of methoxy groups -OCH3 is 1. The van der Waals surface area contributed by atoms with Crippen molar-refractivity contribution in [2.45, 2.75) is 31.4 Å². The van der Waals surface area contributed by atoms with Crippen LogP contribution in [-0.2, 0) is 7.05 Å². The summed E-state index contributed by atoms with van der Waals surface area (Å²) in [7, 11) is 2.60. The molecule has 182 valence electrons. The number of hydrogen-bond donors (Lipinski definition) is 1. The number of rotatable bonds is 7. The third-order valence-electron chi connectivity index (χ3n) is 5.30. The van der Waals surface area contributed by atoms with Crippen LogP contribution in [0.1, 0.15) is 28.8 Å². The first-order chi connectivity index (χ1) is 15.9. The van der Waals surface area contributed by atoms with Gasteiger partial charge in [-0.2, -0.15) is 13.9 Å². The lowest BCUT2D eigenvalue weighted by Gasteiger charge is -2.17. The monoisotopic (exact) mass is 551 g/mol. The number of fused-ring (bicyclic) bond motifs is 1. The molecule has 1 aliphatic carbocycles. The molecule has 0 saturated heterocycles. The van der Waals surface area contributed by atoms with Gasteiger partial charge in [-0.15, -0.1) is 0 Å². The van der Waals surface area contributed by atoms with E-state index in [0.29, 0.717) is 4.47 Å². The van der Waals surface area contributed by atoms with E-state index in [1.54, 1.807) is 0 Å². The Morgan fingerprint density at radius 2 is 1.85 bits per heavy atom.